The van der Waals surface area contributed by atoms with E-state index < -0.39 is 0 Å². The smallest absolute Gasteiger partial charge is 0.227 e. The SMILES string of the molecule is CCOc1ccc(N2CC(CNC(=O)Cc3ccc(Cl)cc3)CC2=O)cc1. The summed E-state index contributed by atoms with van der Waals surface area (Å²) in [6.07, 6.45) is 0.745. The van der Waals surface area contributed by atoms with Gasteiger partial charge in [0.1, 0.15) is 5.75 Å². The third kappa shape index (κ3) is 5.23. The van der Waals surface area contributed by atoms with Gasteiger partial charge in [0.2, 0.25) is 11.8 Å². The van der Waals surface area contributed by atoms with Crippen molar-refractivity contribution in [2.45, 2.75) is 19.8 Å². The number of ether oxygens (including phenoxy) is 1. The molecular weight excluding hydrogens is 364 g/mol. The van der Waals surface area contributed by atoms with Gasteiger partial charge in [0, 0.05) is 36.1 Å². The topological polar surface area (TPSA) is 58.6 Å². The number of carbonyl (C=O) groups is 2. The van der Waals surface area contributed by atoms with Gasteiger partial charge in [-0.1, -0.05) is 23.7 Å². The monoisotopic (exact) mass is 386 g/mol. The van der Waals surface area contributed by atoms with Crippen molar-refractivity contribution in [2.24, 2.45) is 5.92 Å². The fourth-order valence-electron chi connectivity index (χ4n) is 3.17. The van der Waals surface area contributed by atoms with E-state index in [0.717, 1.165) is 17.0 Å². The van der Waals surface area contributed by atoms with Gasteiger partial charge in [-0.2, -0.15) is 0 Å². The second-order valence-corrected chi connectivity index (χ2v) is 7.05. The lowest BCUT2D eigenvalue weighted by Gasteiger charge is -2.17. The number of hydrogen-bond acceptors (Lipinski definition) is 3. The number of benzene rings is 2. The third-order valence-electron chi connectivity index (χ3n) is 4.53. The molecule has 1 aliphatic rings. The van der Waals surface area contributed by atoms with E-state index in [4.69, 9.17) is 16.3 Å². The molecular formula is C21H23ClN2O3. The van der Waals surface area contributed by atoms with Crippen LogP contribution >= 0.6 is 11.6 Å². The molecule has 1 fully saturated rings. The predicted molar refractivity (Wildman–Crippen MR) is 106 cm³/mol. The Balaban J connectivity index is 1.50. The minimum atomic E-state index is -0.0516. The molecule has 1 aliphatic heterocycles. The van der Waals surface area contributed by atoms with Gasteiger partial charge in [0.15, 0.2) is 0 Å². The van der Waals surface area contributed by atoms with Crippen LogP contribution < -0.4 is 15.0 Å². The van der Waals surface area contributed by atoms with Gasteiger partial charge >= 0.3 is 0 Å². The highest BCUT2D eigenvalue weighted by Crippen LogP contribution is 2.26. The molecule has 6 heteroatoms. The summed E-state index contributed by atoms with van der Waals surface area (Å²) in [7, 11) is 0. The number of anilines is 1. The van der Waals surface area contributed by atoms with E-state index in [1.807, 2.05) is 43.3 Å². The standard InChI is InChI=1S/C21H23ClN2O3/c1-2-27-19-9-7-18(8-10-19)24-14-16(12-21(24)26)13-23-20(25)11-15-3-5-17(22)6-4-15/h3-10,16H,2,11-14H2,1H3,(H,23,25). The van der Waals surface area contributed by atoms with Crippen molar-refractivity contribution in [3.8, 4) is 5.75 Å². The Labute approximate surface area is 164 Å². The van der Waals surface area contributed by atoms with E-state index in [9.17, 15) is 9.59 Å². The maximum atomic E-state index is 12.3. The van der Waals surface area contributed by atoms with E-state index in [2.05, 4.69) is 5.32 Å². The summed E-state index contributed by atoms with van der Waals surface area (Å²) >= 11 is 5.85. The Bertz CT molecular complexity index is 790. The zero-order chi connectivity index (χ0) is 19.2. The quantitative estimate of drug-likeness (QED) is 0.792. The summed E-state index contributed by atoms with van der Waals surface area (Å²) in [5.41, 5.74) is 1.77. The van der Waals surface area contributed by atoms with Crippen LogP contribution in [0.1, 0.15) is 18.9 Å². The van der Waals surface area contributed by atoms with E-state index in [1.165, 1.54) is 0 Å². The summed E-state index contributed by atoms with van der Waals surface area (Å²) in [6.45, 7) is 3.64. The number of nitrogens with one attached hydrogen (secondary N) is 1. The van der Waals surface area contributed by atoms with Gasteiger partial charge in [0.05, 0.1) is 13.0 Å². The molecule has 1 atom stereocenters. The number of halogens is 1. The Morgan fingerprint density at radius 1 is 1.19 bits per heavy atom. The van der Waals surface area contributed by atoms with E-state index in [1.54, 1.807) is 17.0 Å². The molecule has 1 heterocycles. The summed E-state index contributed by atoms with van der Waals surface area (Å²) in [5, 5.41) is 3.59. The molecule has 0 aromatic heterocycles. The van der Waals surface area contributed by atoms with Gasteiger partial charge in [-0.25, -0.2) is 0 Å². The van der Waals surface area contributed by atoms with Crippen molar-refractivity contribution in [1.29, 1.82) is 0 Å². The number of carbonyl (C=O) groups excluding carboxylic acids is 2. The number of rotatable bonds is 7. The van der Waals surface area contributed by atoms with Crippen LogP contribution in [-0.4, -0.2) is 31.5 Å². The van der Waals surface area contributed by atoms with Crippen molar-refractivity contribution >= 4 is 29.1 Å². The minimum absolute atomic E-state index is 0.0516. The first-order chi connectivity index (χ1) is 13.0. The first kappa shape index (κ1) is 19.2. The van der Waals surface area contributed by atoms with Crippen molar-refractivity contribution in [1.82, 2.24) is 5.32 Å². The highest BCUT2D eigenvalue weighted by molar-refractivity contribution is 6.30. The normalized spacial score (nSPS) is 16.4. The van der Waals surface area contributed by atoms with Crippen LogP contribution in [0, 0.1) is 5.92 Å². The van der Waals surface area contributed by atoms with Crippen LogP contribution in [0.2, 0.25) is 5.02 Å². The van der Waals surface area contributed by atoms with E-state index in [-0.39, 0.29) is 17.7 Å². The van der Waals surface area contributed by atoms with Gasteiger partial charge in [-0.15, -0.1) is 0 Å². The Morgan fingerprint density at radius 2 is 1.89 bits per heavy atom. The second-order valence-electron chi connectivity index (χ2n) is 6.61. The molecule has 5 nitrogen and oxygen atoms in total. The lowest BCUT2D eigenvalue weighted by Crippen LogP contribution is -2.32. The van der Waals surface area contributed by atoms with Crippen LogP contribution in [0.3, 0.4) is 0 Å². The fourth-order valence-corrected chi connectivity index (χ4v) is 3.29. The Hall–Kier alpha value is -2.53. The molecule has 2 aromatic rings. The van der Waals surface area contributed by atoms with E-state index in [0.29, 0.717) is 37.6 Å². The van der Waals surface area contributed by atoms with Crippen LogP contribution in [-0.2, 0) is 16.0 Å². The second kappa shape index (κ2) is 8.91. The molecule has 0 aliphatic carbocycles. The largest absolute Gasteiger partial charge is 0.494 e. The molecule has 3 rings (SSSR count). The van der Waals surface area contributed by atoms with Crippen LogP contribution in [0.5, 0.6) is 5.75 Å². The van der Waals surface area contributed by atoms with Crippen molar-refractivity contribution in [3.05, 3.63) is 59.1 Å². The zero-order valence-electron chi connectivity index (χ0n) is 15.3. The fraction of sp³-hybridized carbons (Fsp3) is 0.333. The van der Waals surface area contributed by atoms with Gasteiger partial charge in [-0.05, 0) is 48.9 Å². The molecule has 142 valence electrons. The molecule has 1 saturated heterocycles. The lowest BCUT2D eigenvalue weighted by atomic mass is 10.1. The summed E-state index contributed by atoms with van der Waals surface area (Å²) < 4.78 is 5.43. The number of amides is 2. The maximum absolute atomic E-state index is 12.3. The first-order valence-electron chi connectivity index (χ1n) is 9.09. The lowest BCUT2D eigenvalue weighted by molar-refractivity contribution is -0.121. The molecule has 2 amide bonds. The predicted octanol–water partition coefficient (Wildman–Crippen LogP) is 3.45. The minimum Gasteiger partial charge on any atom is -0.494 e. The van der Waals surface area contributed by atoms with E-state index >= 15 is 0 Å². The number of nitrogens with zero attached hydrogens (tertiary/aromatic N) is 1. The summed E-state index contributed by atoms with van der Waals surface area (Å²) in [5.74, 6) is 0.928. The molecule has 2 aromatic carbocycles. The van der Waals surface area contributed by atoms with Crippen LogP contribution in [0.15, 0.2) is 48.5 Å². The number of hydrogen-bond donors (Lipinski definition) is 1. The van der Waals surface area contributed by atoms with Crippen molar-refractivity contribution < 1.29 is 14.3 Å². The molecule has 0 radical (unpaired) electrons. The average molecular weight is 387 g/mol. The molecule has 1 unspecified atom stereocenters. The van der Waals surface area contributed by atoms with Gasteiger partial charge in [-0.3, -0.25) is 9.59 Å². The highest BCUT2D eigenvalue weighted by Gasteiger charge is 2.30. The zero-order valence-corrected chi connectivity index (χ0v) is 16.0. The van der Waals surface area contributed by atoms with Gasteiger partial charge < -0.3 is 15.0 Å². The van der Waals surface area contributed by atoms with Gasteiger partial charge in [0.25, 0.3) is 0 Å². The molecule has 1 N–H and O–H groups in total. The third-order valence-corrected chi connectivity index (χ3v) is 4.78. The first-order valence-corrected chi connectivity index (χ1v) is 9.47. The molecule has 0 saturated carbocycles. The molecule has 0 spiro atoms. The highest BCUT2D eigenvalue weighted by atomic mass is 35.5. The summed E-state index contributed by atoms with van der Waals surface area (Å²) in [4.78, 5) is 26.2. The van der Waals surface area contributed by atoms with Crippen LogP contribution in [0.25, 0.3) is 0 Å². The average Bonchev–Trinajstić information content (AvgIpc) is 3.04. The maximum Gasteiger partial charge on any atom is 0.227 e. The Morgan fingerprint density at radius 3 is 2.56 bits per heavy atom. The van der Waals surface area contributed by atoms with Crippen molar-refractivity contribution in [2.75, 3.05) is 24.6 Å². The van der Waals surface area contributed by atoms with Crippen molar-refractivity contribution in [3.63, 3.8) is 0 Å². The molecule has 0 bridgehead atoms. The molecule has 27 heavy (non-hydrogen) atoms. The van der Waals surface area contributed by atoms with Crippen LogP contribution in [0.4, 0.5) is 5.69 Å². The summed E-state index contributed by atoms with van der Waals surface area (Å²) in [6, 6.07) is 14.8. The Kier molecular flexibility index (Phi) is 6.35.